The summed E-state index contributed by atoms with van der Waals surface area (Å²) in [6.07, 6.45) is 0.674. The molecule has 0 amide bonds. The number of aliphatic hydroxyl groups is 3. The molecule has 0 aliphatic heterocycles. The summed E-state index contributed by atoms with van der Waals surface area (Å²) in [5.74, 6) is 1.27. The van der Waals surface area contributed by atoms with Gasteiger partial charge in [-0.05, 0) is 0 Å². The van der Waals surface area contributed by atoms with Crippen molar-refractivity contribution in [3.63, 3.8) is 0 Å². The van der Waals surface area contributed by atoms with Crippen LogP contribution in [-0.2, 0) is 4.79 Å². The fraction of sp³-hybridized carbons (Fsp3) is 0.600. The van der Waals surface area contributed by atoms with Crippen LogP contribution in [0.1, 0.15) is 0 Å². The molecule has 4 nitrogen and oxygen atoms in total. The Morgan fingerprint density at radius 1 is 1.44 bits per heavy atom. The molecule has 0 aliphatic carbocycles. The van der Waals surface area contributed by atoms with Crippen LogP contribution in [0.4, 0.5) is 0 Å². The van der Waals surface area contributed by atoms with Gasteiger partial charge in [0.1, 0.15) is 11.5 Å². The van der Waals surface area contributed by atoms with Crippen LogP contribution in [-0.4, -0.2) is 40.1 Å². The second kappa shape index (κ2) is 3.37. The van der Waals surface area contributed by atoms with Crippen molar-refractivity contribution < 1.29 is 20.1 Å². The van der Waals surface area contributed by atoms with Crippen LogP contribution < -0.4 is 0 Å². The van der Waals surface area contributed by atoms with E-state index in [1.165, 1.54) is 5.94 Å². The first kappa shape index (κ1) is 8.33. The van der Waals surface area contributed by atoms with Crippen molar-refractivity contribution in [3.8, 4) is 0 Å². The summed E-state index contributed by atoms with van der Waals surface area (Å²) in [6, 6.07) is 0. The number of carbonyl (C=O) groups excluding carboxylic acids is 1. The van der Waals surface area contributed by atoms with E-state index in [1.807, 2.05) is 0 Å². The Hall–Kier alpha value is -0.670. The lowest BCUT2D eigenvalue weighted by molar-refractivity contribution is -0.0162. The van der Waals surface area contributed by atoms with Crippen molar-refractivity contribution in [2.75, 3.05) is 13.2 Å². The Labute approximate surface area is 52.1 Å². The largest absolute Gasteiger partial charge is 0.393 e. The molecular weight excluding hydrogens is 124 g/mol. The maximum atomic E-state index is 9.58. The van der Waals surface area contributed by atoms with Crippen molar-refractivity contribution in [1.29, 1.82) is 0 Å². The quantitative estimate of drug-likeness (QED) is 0.391. The molecule has 0 heterocycles. The molecule has 0 aromatic rings. The van der Waals surface area contributed by atoms with Crippen LogP contribution in [0.25, 0.3) is 0 Å². The second-order valence-electron chi connectivity index (χ2n) is 1.68. The predicted molar refractivity (Wildman–Crippen MR) is 29.4 cm³/mol. The van der Waals surface area contributed by atoms with Gasteiger partial charge in [-0.1, -0.05) is 0 Å². The molecule has 0 radical (unpaired) electrons. The molecule has 0 bridgehead atoms. The van der Waals surface area contributed by atoms with Gasteiger partial charge < -0.3 is 15.3 Å². The van der Waals surface area contributed by atoms with Crippen LogP contribution in [0.2, 0.25) is 0 Å². The average Bonchev–Trinajstić information content (AvgIpc) is 1.89. The van der Waals surface area contributed by atoms with Crippen LogP contribution >= 0.6 is 0 Å². The highest BCUT2D eigenvalue weighted by Crippen LogP contribution is 2.00. The number of hydrogen-bond acceptors (Lipinski definition) is 4. The Balaban J connectivity index is 4.08. The van der Waals surface area contributed by atoms with Gasteiger partial charge in [-0.2, -0.15) is 0 Å². The predicted octanol–water partition coefficient (Wildman–Crippen LogP) is -1.91. The highest BCUT2D eigenvalue weighted by atomic mass is 16.4. The summed E-state index contributed by atoms with van der Waals surface area (Å²) in [6.45, 7) is -1.36. The Morgan fingerprint density at radius 3 is 2.00 bits per heavy atom. The molecule has 0 atom stereocenters. The van der Waals surface area contributed by atoms with Gasteiger partial charge >= 0.3 is 0 Å². The highest BCUT2D eigenvalue weighted by Gasteiger charge is 2.21. The summed E-state index contributed by atoms with van der Waals surface area (Å²) in [4.78, 5) is 9.58. The number of hydrogen-bond donors (Lipinski definition) is 3. The lowest BCUT2D eigenvalue weighted by Crippen LogP contribution is -2.35. The molecule has 0 saturated heterocycles. The molecule has 0 spiro atoms. The summed E-state index contributed by atoms with van der Waals surface area (Å²) >= 11 is 0. The van der Waals surface area contributed by atoms with Gasteiger partial charge in [0.05, 0.1) is 13.2 Å². The lowest BCUT2D eigenvalue weighted by atomic mass is 10.1. The molecule has 52 valence electrons. The third-order valence-corrected chi connectivity index (χ3v) is 0.875. The summed E-state index contributed by atoms with van der Waals surface area (Å²) < 4.78 is 0. The van der Waals surface area contributed by atoms with E-state index in [0.717, 1.165) is 0 Å². The van der Waals surface area contributed by atoms with Crippen LogP contribution in [0, 0.1) is 0 Å². The second-order valence-corrected chi connectivity index (χ2v) is 1.68. The summed E-state index contributed by atoms with van der Waals surface area (Å²) in [5.41, 5.74) is -1.80. The fourth-order valence-electron chi connectivity index (χ4n) is 0.251. The topological polar surface area (TPSA) is 77.8 Å². The zero-order valence-corrected chi connectivity index (χ0v) is 4.74. The Morgan fingerprint density at radius 2 is 1.89 bits per heavy atom. The highest BCUT2D eigenvalue weighted by molar-refractivity contribution is 5.47. The maximum absolute atomic E-state index is 9.58. The molecule has 0 aromatic heterocycles. The summed E-state index contributed by atoms with van der Waals surface area (Å²) in [7, 11) is 0. The minimum absolute atomic E-state index is 0.674. The molecule has 0 rings (SSSR count). The molecule has 9 heavy (non-hydrogen) atoms. The average molecular weight is 132 g/mol. The maximum Gasteiger partial charge on any atom is 0.139 e. The summed E-state index contributed by atoms with van der Waals surface area (Å²) in [5, 5.41) is 25.4. The van der Waals surface area contributed by atoms with Crippen LogP contribution in [0.15, 0.2) is 6.08 Å². The smallest absolute Gasteiger partial charge is 0.139 e. The first-order chi connectivity index (χ1) is 4.18. The SMILES string of the molecule is O=C=CC(O)(CO)CO. The van der Waals surface area contributed by atoms with Gasteiger partial charge in [0.25, 0.3) is 0 Å². The van der Waals surface area contributed by atoms with Crippen molar-refractivity contribution in [2.24, 2.45) is 0 Å². The van der Waals surface area contributed by atoms with E-state index in [2.05, 4.69) is 0 Å². The zero-order chi connectivity index (χ0) is 7.33. The van der Waals surface area contributed by atoms with Crippen molar-refractivity contribution in [3.05, 3.63) is 6.08 Å². The molecule has 0 unspecified atom stereocenters. The van der Waals surface area contributed by atoms with E-state index in [0.29, 0.717) is 6.08 Å². The van der Waals surface area contributed by atoms with Crippen molar-refractivity contribution in [2.45, 2.75) is 5.60 Å². The molecule has 0 aliphatic rings. The van der Waals surface area contributed by atoms with Gasteiger partial charge in [0.2, 0.25) is 0 Å². The van der Waals surface area contributed by atoms with Crippen LogP contribution in [0.3, 0.4) is 0 Å². The molecule has 0 saturated carbocycles. The van der Waals surface area contributed by atoms with Gasteiger partial charge in [-0.3, -0.25) is 0 Å². The third-order valence-electron chi connectivity index (χ3n) is 0.875. The van der Waals surface area contributed by atoms with Gasteiger partial charge in [0, 0.05) is 6.08 Å². The fourth-order valence-corrected chi connectivity index (χ4v) is 0.251. The first-order valence-corrected chi connectivity index (χ1v) is 2.34. The normalized spacial score (nSPS) is 10.6. The van der Waals surface area contributed by atoms with Gasteiger partial charge in [-0.15, -0.1) is 0 Å². The monoisotopic (exact) mass is 132 g/mol. The standard InChI is InChI=1S/C5H8O4/c6-2-1-5(9,3-7)4-8/h1,7-9H,3-4H2. The number of aliphatic hydroxyl groups excluding tert-OH is 2. The third kappa shape index (κ3) is 2.39. The van der Waals surface area contributed by atoms with Crippen LogP contribution in [0.5, 0.6) is 0 Å². The Bertz CT molecular complexity index is 121. The van der Waals surface area contributed by atoms with E-state index < -0.39 is 18.8 Å². The molecule has 0 fully saturated rings. The van der Waals surface area contributed by atoms with Gasteiger partial charge in [0.15, 0.2) is 0 Å². The minimum atomic E-state index is -1.80. The molecule has 4 heteroatoms. The number of rotatable bonds is 3. The van der Waals surface area contributed by atoms with E-state index >= 15 is 0 Å². The van der Waals surface area contributed by atoms with Crippen molar-refractivity contribution >= 4 is 5.94 Å². The van der Waals surface area contributed by atoms with Crippen molar-refractivity contribution in [1.82, 2.24) is 0 Å². The lowest BCUT2D eigenvalue weighted by Gasteiger charge is -2.15. The van der Waals surface area contributed by atoms with E-state index in [-0.39, 0.29) is 0 Å². The van der Waals surface area contributed by atoms with E-state index in [9.17, 15) is 4.79 Å². The first-order valence-electron chi connectivity index (χ1n) is 2.34. The van der Waals surface area contributed by atoms with E-state index in [4.69, 9.17) is 15.3 Å². The minimum Gasteiger partial charge on any atom is -0.393 e. The molecule has 0 aromatic carbocycles. The Kier molecular flexibility index (Phi) is 3.12. The van der Waals surface area contributed by atoms with E-state index in [1.54, 1.807) is 0 Å². The zero-order valence-electron chi connectivity index (χ0n) is 4.74. The molecule has 3 N–H and O–H groups in total. The van der Waals surface area contributed by atoms with Gasteiger partial charge in [-0.25, -0.2) is 4.79 Å². The molecular formula is C5H8O4.